The summed E-state index contributed by atoms with van der Waals surface area (Å²) < 4.78 is 14.7. The van der Waals surface area contributed by atoms with Crippen LogP contribution in [0.4, 0.5) is 4.39 Å². The van der Waals surface area contributed by atoms with Gasteiger partial charge in [-0.15, -0.1) is 11.3 Å². The summed E-state index contributed by atoms with van der Waals surface area (Å²) in [6.07, 6.45) is 1.27. The molecule has 0 amide bonds. The van der Waals surface area contributed by atoms with Crippen LogP contribution in [0.2, 0.25) is 0 Å². The summed E-state index contributed by atoms with van der Waals surface area (Å²) in [6, 6.07) is 6.01. The summed E-state index contributed by atoms with van der Waals surface area (Å²) in [5, 5.41) is 9.47. The summed E-state index contributed by atoms with van der Waals surface area (Å²) in [6.45, 7) is 3.98. The second-order valence-corrected chi connectivity index (χ2v) is 7.30. The molecule has 136 valence electrons. The van der Waals surface area contributed by atoms with Gasteiger partial charge in [-0.1, -0.05) is 19.1 Å². The maximum atomic E-state index is 13.3. The number of rotatable bonds is 6. The molecule has 0 spiro atoms. The standard InChI is InChI=1S/C19H19FN2O3S/c1-3-4-14-21-18-17(19(25)22(14)10-9-15(23)24)16(11(2)26-18)12-5-7-13(20)8-6-12/h5-8H,3-4,9-10H2,1-2H3,(H,23,24). The number of aromatic nitrogens is 2. The molecule has 1 N–H and O–H groups in total. The molecule has 0 aliphatic rings. The van der Waals surface area contributed by atoms with Crippen LogP contribution in [0.1, 0.15) is 30.5 Å². The molecule has 2 heterocycles. The van der Waals surface area contributed by atoms with Gasteiger partial charge in [-0.05, 0) is 31.0 Å². The van der Waals surface area contributed by atoms with Gasteiger partial charge in [0.05, 0.1) is 11.8 Å². The maximum absolute atomic E-state index is 13.3. The van der Waals surface area contributed by atoms with Gasteiger partial charge in [-0.25, -0.2) is 9.37 Å². The highest BCUT2D eigenvalue weighted by molar-refractivity contribution is 7.19. The normalized spacial score (nSPS) is 11.2. The molecule has 3 aromatic rings. The number of carbonyl (C=O) groups is 1. The molecule has 0 aliphatic heterocycles. The third-order valence-corrected chi connectivity index (χ3v) is 5.22. The summed E-state index contributed by atoms with van der Waals surface area (Å²) in [5.74, 6) is -0.689. The van der Waals surface area contributed by atoms with Crippen molar-refractivity contribution in [3.8, 4) is 11.1 Å². The highest BCUT2D eigenvalue weighted by atomic mass is 32.1. The van der Waals surface area contributed by atoms with E-state index >= 15 is 0 Å². The third-order valence-electron chi connectivity index (χ3n) is 4.22. The minimum atomic E-state index is -0.959. The van der Waals surface area contributed by atoms with Crippen LogP contribution in [-0.2, 0) is 17.8 Å². The fourth-order valence-electron chi connectivity index (χ4n) is 3.05. The van der Waals surface area contributed by atoms with Crippen LogP contribution >= 0.6 is 11.3 Å². The molecule has 0 bridgehead atoms. The van der Waals surface area contributed by atoms with Gasteiger partial charge in [0.15, 0.2) is 0 Å². The number of thiophene rings is 1. The Bertz CT molecular complexity index is 1020. The van der Waals surface area contributed by atoms with Crippen molar-refractivity contribution in [2.45, 2.75) is 39.7 Å². The van der Waals surface area contributed by atoms with Gasteiger partial charge >= 0.3 is 5.97 Å². The SMILES string of the molecule is CCCc1nc2sc(C)c(-c3ccc(F)cc3)c2c(=O)n1CCC(=O)O. The van der Waals surface area contributed by atoms with Crippen LogP contribution in [0.5, 0.6) is 0 Å². The number of fused-ring (bicyclic) bond motifs is 1. The van der Waals surface area contributed by atoms with Crippen LogP contribution in [0, 0.1) is 12.7 Å². The average Bonchev–Trinajstić information content (AvgIpc) is 2.91. The van der Waals surface area contributed by atoms with E-state index in [1.807, 2.05) is 13.8 Å². The van der Waals surface area contributed by atoms with Crippen LogP contribution in [0.25, 0.3) is 21.3 Å². The highest BCUT2D eigenvalue weighted by Gasteiger charge is 2.19. The van der Waals surface area contributed by atoms with E-state index in [0.29, 0.717) is 22.5 Å². The number of hydrogen-bond acceptors (Lipinski definition) is 4. The van der Waals surface area contributed by atoms with E-state index in [1.165, 1.54) is 28.0 Å². The molecule has 1 aromatic carbocycles. The van der Waals surface area contributed by atoms with Gasteiger partial charge in [-0.3, -0.25) is 14.2 Å². The van der Waals surface area contributed by atoms with Crippen molar-refractivity contribution in [1.82, 2.24) is 9.55 Å². The van der Waals surface area contributed by atoms with Crippen molar-refractivity contribution in [2.24, 2.45) is 0 Å². The van der Waals surface area contributed by atoms with Crippen molar-refractivity contribution >= 4 is 27.5 Å². The number of carboxylic acids is 1. The zero-order valence-electron chi connectivity index (χ0n) is 14.6. The van der Waals surface area contributed by atoms with E-state index in [-0.39, 0.29) is 24.3 Å². The molecule has 0 aliphatic carbocycles. The number of halogens is 1. The van der Waals surface area contributed by atoms with Crippen molar-refractivity contribution in [2.75, 3.05) is 0 Å². The highest BCUT2D eigenvalue weighted by Crippen LogP contribution is 2.35. The Hall–Kier alpha value is -2.54. The van der Waals surface area contributed by atoms with E-state index in [1.54, 1.807) is 12.1 Å². The largest absolute Gasteiger partial charge is 0.481 e. The molecule has 7 heteroatoms. The van der Waals surface area contributed by atoms with Crippen LogP contribution < -0.4 is 5.56 Å². The molecular formula is C19H19FN2O3S. The number of aliphatic carboxylic acids is 1. The number of hydrogen-bond donors (Lipinski definition) is 1. The first-order valence-electron chi connectivity index (χ1n) is 8.43. The lowest BCUT2D eigenvalue weighted by Gasteiger charge is -2.11. The Kier molecular flexibility index (Phi) is 5.18. The monoisotopic (exact) mass is 374 g/mol. The number of aryl methyl sites for hydroxylation is 2. The molecule has 0 fully saturated rings. The summed E-state index contributed by atoms with van der Waals surface area (Å²) >= 11 is 1.43. The Morgan fingerprint density at radius 1 is 1.31 bits per heavy atom. The molecule has 3 rings (SSSR count). The average molecular weight is 374 g/mol. The van der Waals surface area contributed by atoms with E-state index in [9.17, 15) is 14.0 Å². The Morgan fingerprint density at radius 2 is 2.00 bits per heavy atom. The van der Waals surface area contributed by atoms with Gasteiger partial charge in [0.2, 0.25) is 0 Å². The number of nitrogens with zero attached hydrogens (tertiary/aromatic N) is 2. The predicted molar refractivity (Wildman–Crippen MR) is 100 cm³/mol. The first kappa shape index (κ1) is 18.3. The summed E-state index contributed by atoms with van der Waals surface area (Å²) in [4.78, 5) is 30.4. The van der Waals surface area contributed by atoms with Gasteiger partial charge < -0.3 is 5.11 Å². The first-order valence-corrected chi connectivity index (χ1v) is 9.24. The predicted octanol–water partition coefficient (Wildman–Crippen LogP) is 4.00. The van der Waals surface area contributed by atoms with Crippen LogP contribution in [0.3, 0.4) is 0 Å². The fourth-order valence-corrected chi connectivity index (χ4v) is 4.11. The zero-order valence-corrected chi connectivity index (χ0v) is 15.4. The summed E-state index contributed by atoms with van der Waals surface area (Å²) in [7, 11) is 0. The fraction of sp³-hybridized carbons (Fsp3) is 0.316. The van der Waals surface area contributed by atoms with Gasteiger partial charge in [0.25, 0.3) is 5.56 Å². The van der Waals surface area contributed by atoms with E-state index in [2.05, 4.69) is 4.98 Å². The molecule has 0 atom stereocenters. The van der Waals surface area contributed by atoms with Crippen LogP contribution in [-0.4, -0.2) is 20.6 Å². The summed E-state index contributed by atoms with van der Waals surface area (Å²) in [5.41, 5.74) is 1.26. The van der Waals surface area contributed by atoms with E-state index in [4.69, 9.17) is 5.11 Å². The maximum Gasteiger partial charge on any atom is 0.305 e. The Labute approximate surface area is 153 Å². The lowest BCUT2D eigenvalue weighted by molar-refractivity contribution is -0.137. The smallest absolute Gasteiger partial charge is 0.305 e. The second-order valence-electron chi connectivity index (χ2n) is 6.10. The molecule has 5 nitrogen and oxygen atoms in total. The van der Waals surface area contributed by atoms with E-state index in [0.717, 1.165) is 22.4 Å². The van der Waals surface area contributed by atoms with Crippen molar-refractivity contribution < 1.29 is 14.3 Å². The molecule has 26 heavy (non-hydrogen) atoms. The molecular weight excluding hydrogens is 355 g/mol. The lowest BCUT2D eigenvalue weighted by Crippen LogP contribution is -2.26. The van der Waals surface area contributed by atoms with Gasteiger partial charge in [-0.2, -0.15) is 0 Å². The van der Waals surface area contributed by atoms with Crippen molar-refractivity contribution in [1.29, 1.82) is 0 Å². The van der Waals surface area contributed by atoms with Gasteiger partial charge in [0, 0.05) is 23.4 Å². The van der Waals surface area contributed by atoms with Crippen molar-refractivity contribution in [3.05, 3.63) is 51.1 Å². The van der Waals surface area contributed by atoms with Crippen molar-refractivity contribution in [3.63, 3.8) is 0 Å². The number of carboxylic acid groups (broad SMARTS) is 1. The minimum Gasteiger partial charge on any atom is -0.481 e. The minimum absolute atomic E-state index is 0.0875. The number of benzene rings is 1. The van der Waals surface area contributed by atoms with Crippen LogP contribution in [0.15, 0.2) is 29.1 Å². The first-order chi connectivity index (χ1) is 12.4. The second kappa shape index (κ2) is 7.37. The van der Waals surface area contributed by atoms with E-state index < -0.39 is 5.97 Å². The zero-order chi connectivity index (χ0) is 18.8. The Balaban J connectivity index is 2.26. The van der Waals surface area contributed by atoms with Gasteiger partial charge in [0.1, 0.15) is 16.5 Å². The lowest BCUT2D eigenvalue weighted by atomic mass is 10.0. The molecule has 2 aromatic heterocycles. The molecule has 0 unspecified atom stereocenters. The topological polar surface area (TPSA) is 72.2 Å². The quantitative estimate of drug-likeness (QED) is 0.708. The molecule has 0 saturated carbocycles. The third kappa shape index (κ3) is 3.39. The molecule has 0 radical (unpaired) electrons. The Morgan fingerprint density at radius 3 is 2.62 bits per heavy atom. The molecule has 0 saturated heterocycles.